The summed E-state index contributed by atoms with van der Waals surface area (Å²) in [7, 11) is 0. The van der Waals surface area contributed by atoms with E-state index in [4.69, 9.17) is 4.74 Å². The van der Waals surface area contributed by atoms with E-state index in [1.54, 1.807) is 0 Å². The zero-order valence-corrected chi connectivity index (χ0v) is 10.7. The highest BCUT2D eigenvalue weighted by atomic mass is 19.1. The van der Waals surface area contributed by atoms with Crippen molar-refractivity contribution in [3.05, 3.63) is 35.4 Å². The van der Waals surface area contributed by atoms with Gasteiger partial charge in [-0.05, 0) is 12.5 Å². The Balaban J connectivity index is 2.10. The summed E-state index contributed by atoms with van der Waals surface area (Å²) in [5.74, 6) is -0.824. The van der Waals surface area contributed by atoms with Gasteiger partial charge in [0, 0.05) is 36.7 Å². The van der Waals surface area contributed by atoms with Crippen LogP contribution in [0.5, 0.6) is 0 Å². The maximum atomic E-state index is 13.7. The molecule has 1 aromatic carbocycles. The van der Waals surface area contributed by atoms with Gasteiger partial charge >= 0.3 is 0 Å². The number of benzene rings is 1. The summed E-state index contributed by atoms with van der Waals surface area (Å²) in [6.45, 7) is 5.57. The Labute approximate surface area is 106 Å². The molecular weight excluding hydrogens is 236 g/mol. The van der Waals surface area contributed by atoms with Gasteiger partial charge in [0.1, 0.15) is 11.6 Å². The van der Waals surface area contributed by atoms with Crippen molar-refractivity contribution in [2.75, 3.05) is 13.2 Å². The number of ether oxygens (including phenoxy) is 1. The third-order valence-electron chi connectivity index (χ3n) is 3.27. The molecule has 2 rings (SSSR count). The molecule has 0 aliphatic carbocycles. The van der Waals surface area contributed by atoms with Crippen molar-refractivity contribution in [1.82, 2.24) is 5.32 Å². The summed E-state index contributed by atoms with van der Waals surface area (Å²) >= 11 is 0. The van der Waals surface area contributed by atoms with Crippen molar-refractivity contribution in [1.29, 1.82) is 0 Å². The molecular formula is C14H19F2NO. The molecule has 2 atom stereocenters. The van der Waals surface area contributed by atoms with Gasteiger partial charge in [0.15, 0.2) is 0 Å². The smallest absolute Gasteiger partial charge is 0.131 e. The molecule has 2 unspecified atom stereocenters. The number of hydrogen-bond donors (Lipinski definition) is 1. The average Bonchev–Trinajstić information content (AvgIpc) is 2.74. The Morgan fingerprint density at radius 2 is 2.17 bits per heavy atom. The summed E-state index contributed by atoms with van der Waals surface area (Å²) in [4.78, 5) is 0. The van der Waals surface area contributed by atoms with Crippen molar-refractivity contribution in [3.8, 4) is 0 Å². The lowest BCUT2D eigenvalue weighted by molar-refractivity contribution is 0.0869. The minimum Gasteiger partial charge on any atom is -0.373 e. The fraction of sp³-hybridized carbons (Fsp3) is 0.571. The molecule has 0 spiro atoms. The van der Waals surface area contributed by atoms with Crippen LogP contribution in [0, 0.1) is 17.6 Å². The van der Waals surface area contributed by atoms with Gasteiger partial charge in [-0.15, -0.1) is 0 Å². The fourth-order valence-electron chi connectivity index (χ4n) is 2.31. The quantitative estimate of drug-likeness (QED) is 0.893. The molecule has 1 saturated heterocycles. The Morgan fingerprint density at radius 3 is 2.83 bits per heavy atom. The van der Waals surface area contributed by atoms with Crippen molar-refractivity contribution in [2.45, 2.75) is 32.4 Å². The van der Waals surface area contributed by atoms with Gasteiger partial charge in [-0.3, -0.25) is 0 Å². The minimum atomic E-state index is -0.550. The zero-order valence-electron chi connectivity index (χ0n) is 10.7. The van der Waals surface area contributed by atoms with Gasteiger partial charge in [0.05, 0.1) is 6.10 Å². The lowest BCUT2D eigenvalue weighted by Crippen LogP contribution is -2.30. The summed E-state index contributed by atoms with van der Waals surface area (Å²) < 4.78 is 32.2. The summed E-state index contributed by atoms with van der Waals surface area (Å²) in [5.41, 5.74) is 0.462. The number of hydrogen-bond acceptors (Lipinski definition) is 2. The average molecular weight is 255 g/mol. The van der Waals surface area contributed by atoms with Gasteiger partial charge < -0.3 is 10.1 Å². The topological polar surface area (TPSA) is 21.3 Å². The van der Waals surface area contributed by atoms with Gasteiger partial charge in [0.2, 0.25) is 0 Å². The van der Waals surface area contributed by atoms with E-state index in [-0.39, 0.29) is 12.0 Å². The molecule has 0 amide bonds. The van der Waals surface area contributed by atoms with Crippen molar-refractivity contribution in [3.63, 3.8) is 0 Å². The molecule has 18 heavy (non-hydrogen) atoms. The van der Waals surface area contributed by atoms with Crippen LogP contribution < -0.4 is 5.32 Å². The number of halogens is 2. The van der Waals surface area contributed by atoms with E-state index in [1.165, 1.54) is 12.1 Å². The number of nitrogens with one attached hydrogen (secondary N) is 1. The molecule has 0 radical (unpaired) electrons. The lowest BCUT2D eigenvalue weighted by Gasteiger charge is -2.21. The molecule has 1 aliphatic rings. The van der Waals surface area contributed by atoms with Crippen LogP contribution in [-0.4, -0.2) is 19.2 Å². The highest BCUT2D eigenvalue weighted by molar-refractivity contribution is 5.22. The van der Waals surface area contributed by atoms with E-state index in [0.717, 1.165) is 19.0 Å². The van der Waals surface area contributed by atoms with Crippen LogP contribution in [-0.2, 0) is 4.74 Å². The predicted molar refractivity (Wildman–Crippen MR) is 66.3 cm³/mol. The second kappa shape index (κ2) is 5.76. The normalized spacial score (nSPS) is 23.8. The van der Waals surface area contributed by atoms with Gasteiger partial charge in [0.25, 0.3) is 0 Å². The molecule has 0 saturated carbocycles. The largest absolute Gasteiger partial charge is 0.373 e. The highest BCUT2D eigenvalue weighted by Crippen LogP contribution is 2.35. The van der Waals surface area contributed by atoms with Crippen molar-refractivity contribution >= 4 is 0 Å². The van der Waals surface area contributed by atoms with E-state index in [9.17, 15) is 8.78 Å². The van der Waals surface area contributed by atoms with Gasteiger partial charge in [-0.2, -0.15) is 0 Å². The molecule has 1 aromatic rings. The van der Waals surface area contributed by atoms with E-state index in [0.29, 0.717) is 18.2 Å². The third-order valence-corrected chi connectivity index (χ3v) is 3.27. The first-order valence-corrected chi connectivity index (χ1v) is 6.38. The van der Waals surface area contributed by atoms with Gasteiger partial charge in [-0.25, -0.2) is 8.78 Å². The Bertz CT molecular complexity index is 409. The first-order chi connectivity index (χ1) is 8.58. The standard InChI is InChI=1S/C14H19F2NO/c1-9(2)17-8-10-5-6-18-14(10)12-4-3-11(15)7-13(12)16/h3-4,7,9-10,14,17H,5-6,8H2,1-2H3. The molecule has 1 aliphatic heterocycles. The first-order valence-electron chi connectivity index (χ1n) is 6.38. The summed E-state index contributed by atoms with van der Waals surface area (Å²) in [5, 5.41) is 3.34. The Hall–Kier alpha value is -1.00. The lowest BCUT2D eigenvalue weighted by atomic mass is 9.94. The zero-order chi connectivity index (χ0) is 13.1. The monoisotopic (exact) mass is 255 g/mol. The highest BCUT2D eigenvalue weighted by Gasteiger charge is 2.31. The number of rotatable bonds is 4. The maximum absolute atomic E-state index is 13.7. The molecule has 0 aromatic heterocycles. The summed E-state index contributed by atoms with van der Waals surface area (Å²) in [6, 6.07) is 4.09. The van der Waals surface area contributed by atoms with Crippen molar-refractivity contribution < 1.29 is 13.5 Å². The van der Waals surface area contributed by atoms with Crippen LogP contribution >= 0.6 is 0 Å². The van der Waals surface area contributed by atoms with E-state index < -0.39 is 11.6 Å². The van der Waals surface area contributed by atoms with Gasteiger partial charge in [-0.1, -0.05) is 19.9 Å². The van der Waals surface area contributed by atoms with Crippen molar-refractivity contribution in [2.24, 2.45) is 5.92 Å². The van der Waals surface area contributed by atoms with Crippen LogP contribution in [0.4, 0.5) is 8.78 Å². The SMILES string of the molecule is CC(C)NCC1CCOC1c1ccc(F)cc1F. The minimum absolute atomic E-state index is 0.243. The van der Waals surface area contributed by atoms with Crippen LogP contribution in [0.15, 0.2) is 18.2 Å². The Kier molecular flexibility index (Phi) is 4.30. The molecule has 4 heteroatoms. The Morgan fingerprint density at radius 1 is 1.39 bits per heavy atom. The maximum Gasteiger partial charge on any atom is 0.131 e. The molecule has 1 fully saturated rings. The molecule has 1 N–H and O–H groups in total. The van der Waals surface area contributed by atoms with Crippen LogP contribution in [0.3, 0.4) is 0 Å². The summed E-state index contributed by atoms with van der Waals surface area (Å²) in [6.07, 6.45) is 0.637. The fourth-order valence-corrected chi connectivity index (χ4v) is 2.31. The van der Waals surface area contributed by atoms with E-state index >= 15 is 0 Å². The second-order valence-electron chi connectivity index (χ2n) is 5.07. The first kappa shape index (κ1) is 13.4. The predicted octanol–water partition coefficient (Wildman–Crippen LogP) is 3.04. The van der Waals surface area contributed by atoms with Crippen LogP contribution in [0.2, 0.25) is 0 Å². The van der Waals surface area contributed by atoms with Crippen LogP contribution in [0.1, 0.15) is 31.9 Å². The molecule has 100 valence electrons. The molecule has 1 heterocycles. The van der Waals surface area contributed by atoms with E-state index in [1.807, 2.05) is 0 Å². The van der Waals surface area contributed by atoms with E-state index in [2.05, 4.69) is 19.2 Å². The second-order valence-corrected chi connectivity index (χ2v) is 5.07. The molecule has 2 nitrogen and oxygen atoms in total. The van der Waals surface area contributed by atoms with Crippen LogP contribution in [0.25, 0.3) is 0 Å². The molecule has 0 bridgehead atoms. The third kappa shape index (κ3) is 3.06.